The fraction of sp³-hybridized carbons (Fsp3) is 0.727. The van der Waals surface area contributed by atoms with Gasteiger partial charge in [0.25, 0.3) is 0 Å². The predicted octanol–water partition coefficient (Wildman–Crippen LogP) is 2.64. The van der Waals surface area contributed by atoms with Crippen LogP contribution in [0.5, 0.6) is 5.75 Å². The Hall–Kier alpha value is -0.990. The molecule has 1 aromatic rings. The lowest BCUT2D eigenvalue weighted by Crippen LogP contribution is -2.26. The van der Waals surface area contributed by atoms with Crippen molar-refractivity contribution >= 4 is 0 Å². The van der Waals surface area contributed by atoms with Crippen LogP contribution in [0.15, 0.2) is 6.20 Å². The second kappa shape index (κ2) is 3.30. The van der Waals surface area contributed by atoms with E-state index in [1.54, 1.807) is 6.20 Å². The molecule has 3 heteroatoms. The van der Waals surface area contributed by atoms with Gasteiger partial charge in [0.15, 0.2) is 5.75 Å². The lowest BCUT2D eigenvalue weighted by molar-refractivity contribution is 0.118. The van der Waals surface area contributed by atoms with Gasteiger partial charge in [0.1, 0.15) is 0 Å². The first-order valence-corrected chi connectivity index (χ1v) is 5.28. The Morgan fingerprint density at radius 1 is 1.43 bits per heavy atom. The van der Waals surface area contributed by atoms with Crippen LogP contribution >= 0.6 is 0 Å². The molecule has 0 spiro atoms. The highest BCUT2D eigenvalue weighted by Gasteiger charge is 2.25. The number of nitrogens with zero attached hydrogens (tertiary/aromatic N) is 1. The van der Waals surface area contributed by atoms with Crippen molar-refractivity contribution in [3.63, 3.8) is 0 Å². The molecule has 1 fully saturated rings. The number of aromatic amines is 1. The summed E-state index contributed by atoms with van der Waals surface area (Å²) in [4.78, 5) is 0. The molecule has 1 saturated carbocycles. The second-order valence-corrected chi connectivity index (χ2v) is 5.03. The Morgan fingerprint density at radius 3 is 2.64 bits per heavy atom. The Bertz CT molecular complexity index is 307. The van der Waals surface area contributed by atoms with Crippen molar-refractivity contribution in [3.05, 3.63) is 11.9 Å². The average Bonchev–Trinajstić information content (AvgIpc) is 2.42. The molecule has 1 aliphatic carbocycles. The van der Waals surface area contributed by atoms with Crippen LogP contribution in [0.3, 0.4) is 0 Å². The summed E-state index contributed by atoms with van der Waals surface area (Å²) in [5.41, 5.74) is 1.18. The van der Waals surface area contributed by atoms with E-state index in [0.29, 0.717) is 6.10 Å². The number of ether oxygens (including phenoxy) is 1. The smallest absolute Gasteiger partial charge is 0.161 e. The van der Waals surface area contributed by atoms with Gasteiger partial charge < -0.3 is 4.74 Å². The maximum absolute atomic E-state index is 5.85. The lowest BCUT2D eigenvalue weighted by atomic mass is 9.91. The third-order valence-corrected chi connectivity index (χ3v) is 2.70. The molecular formula is C11H18N2O. The fourth-order valence-corrected chi connectivity index (χ4v) is 1.57. The van der Waals surface area contributed by atoms with E-state index in [1.165, 1.54) is 19.3 Å². The molecule has 1 aliphatic rings. The van der Waals surface area contributed by atoms with Gasteiger partial charge in [-0.3, -0.25) is 5.10 Å². The van der Waals surface area contributed by atoms with Gasteiger partial charge in [0, 0.05) is 5.41 Å². The van der Waals surface area contributed by atoms with Crippen molar-refractivity contribution in [1.29, 1.82) is 0 Å². The lowest BCUT2D eigenvalue weighted by Gasteiger charge is -2.27. The molecule has 3 nitrogen and oxygen atoms in total. The van der Waals surface area contributed by atoms with Crippen LogP contribution < -0.4 is 4.74 Å². The molecule has 2 rings (SSSR count). The maximum atomic E-state index is 5.85. The number of aromatic nitrogens is 2. The monoisotopic (exact) mass is 194 g/mol. The zero-order valence-electron chi connectivity index (χ0n) is 9.13. The van der Waals surface area contributed by atoms with E-state index in [2.05, 4.69) is 31.0 Å². The van der Waals surface area contributed by atoms with Gasteiger partial charge in [0.2, 0.25) is 0 Å². The van der Waals surface area contributed by atoms with Gasteiger partial charge in [-0.1, -0.05) is 20.8 Å². The summed E-state index contributed by atoms with van der Waals surface area (Å²) in [6, 6.07) is 0. The highest BCUT2D eigenvalue weighted by Crippen LogP contribution is 2.32. The average molecular weight is 194 g/mol. The van der Waals surface area contributed by atoms with Gasteiger partial charge in [-0.25, -0.2) is 0 Å². The summed E-state index contributed by atoms with van der Waals surface area (Å²) in [5.74, 6) is 0.933. The van der Waals surface area contributed by atoms with Crippen LogP contribution in [-0.4, -0.2) is 16.3 Å². The molecule has 0 bridgehead atoms. The Morgan fingerprint density at radius 2 is 2.14 bits per heavy atom. The molecule has 14 heavy (non-hydrogen) atoms. The quantitative estimate of drug-likeness (QED) is 0.786. The minimum atomic E-state index is 0.0789. The number of hydrogen-bond acceptors (Lipinski definition) is 2. The van der Waals surface area contributed by atoms with Crippen LogP contribution in [0.1, 0.15) is 45.7 Å². The third-order valence-electron chi connectivity index (χ3n) is 2.70. The van der Waals surface area contributed by atoms with Crippen LogP contribution in [0, 0.1) is 0 Å². The molecule has 0 amide bonds. The van der Waals surface area contributed by atoms with Crippen LogP contribution in [-0.2, 0) is 5.41 Å². The molecule has 78 valence electrons. The van der Waals surface area contributed by atoms with Crippen LogP contribution in [0.2, 0.25) is 0 Å². The fourth-order valence-electron chi connectivity index (χ4n) is 1.57. The molecule has 0 aliphatic heterocycles. The van der Waals surface area contributed by atoms with Gasteiger partial charge in [-0.15, -0.1) is 0 Å². The summed E-state index contributed by atoms with van der Waals surface area (Å²) in [6.07, 6.45) is 5.89. The highest BCUT2D eigenvalue weighted by atomic mass is 16.5. The van der Waals surface area contributed by atoms with Crippen molar-refractivity contribution in [1.82, 2.24) is 10.2 Å². The third kappa shape index (κ3) is 1.76. The van der Waals surface area contributed by atoms with E-state index < -0.39 is 0 Å². The zero-order valence-corrected chi connectivity index (χ0v) is 9.13. The molecule has 0 atom stereocenters. The number of nitrogens with one attached hydrogen (secondary N) is 1. The maximum Gasteiger partial charge on any atom is 0.161 e. The zero-order chi connectivity index (χ0) is 10.2. The summed E-state index contributed by atoms with van der Waals surface area (Å²) < 4.78 is 5.85. The van der Waals surface area contributed by atoms with Gasteiger partial charge in [-0.05, 0) is 19.3 Å². The molecule has 0 aromatic carbocycles. The van der Waals surface area contributed by atoms with E-state index in [-0.39, 0.29) is 5.41 Å². The highest BCUT2D eigenvalue weighted by molar-refractivity contribution is 5.30. The summed E-state index contributed by atoms with van der Waals surface area (Å²) >= 11 is 0. The van der Waals surface area contributed by atoms with Crippen molar-refractivity contribution in [2.45, 2.75) is 51.6 Å². The number of rotatable bonds is 2. The summed E-state index contributed by atoms with van der Waals surface area (Å²) in [7, 11) is 0. The molecule has 1 aromatic heterocycles. The number of hydrogen-bond donors (Lipinski definition) is 1. The van der Waals surface area contributed by atoms with Crippen LogP contribution in [0.4, 0.5) is 0 Å². The van der Waals surface area contributed by atoms with E-state index in [4.69, 9.17) is 4.74 Å². The first kappa shape index (κ1) is 9.56. The summed E-state index contributed by atoms with van der Waals surface area (Å²) in [6.45, 7) is 6.48. The van der Waals surface area contributed by atoms with Gasteiger partial charge >= 0.3 is 0 Å². The minimum Gasteiger partial charge on any atom is -0.487 e. The Kier molecular flexibility index (Phi) is 2.25. The standard InChI is InChI=1S/C11H18N2O/c1-11(2,3)10-9(7-12-13-10)14-8-5-4-6-8/h7-8H,4-6H2,1-3H3,(H,12,13). The largest absolute Gasteiger partial charge is 0.487 e. The van der Waals surface area contributed by atoms with Crippen molar-refractivity contribution < 1.29 is 4.74 Å². The summed E-state index contributed by atoms with van der Waals surface area (Å²) in [5, 5.41) is 7.07. The first-order valence-electron chi connectivity index (χ1n) is 5.28. The van der Waals surface area contributed by atoms with Crippen molar-refractivity contribution in [3.8, 4) is 5.75 Å². The first-order chi connectivity index (χ1) is 6.57. The molecule has 0 unspecified atom stereocenters. The topological polar surface area (TPSA) is 37.9 Å². The normalized spacial score (nSPS) is 17.9. The van der Waals surface area contributed by atoms with Crippen molar-refractivity contribution in [2.75, 3.05) is 0 Å². The molecule has 0 radical (unpaired) electrons. The van der Waals surface area contributed by atoms with Gasteiger partial charge in [0.05, 0.1) is 18.0 Å². The molecule has 1 N–H and O–H groups in total. The predicted molar refractivity (Wildman–Crippen MR) is 55.6 cm³/mol. The van der Waals surface area contributed by atoms with Gasteiger partial charge in [-0.2, -0.15) is 5.10 Å². The molecule has 0 saturated heterocycles. The Balaban J connectivity index is 2.12. The van der Waals surface area contributed by atoms with E-state index in [9.17, 15) is 0 Å². The molecular weight excluding hydrogens is 176 g/mol. The molecule has 1 heterocycles. The van der Waals surface area contributed by atoms with E-state index in [1.807, 2.05) is 0 Å². The SMILES string of the molecule is CC(C)(C)c1[nH]ncc1OC1CCC1. The van der Waals surface area contributed by atoms with Crippen LogP contribution in [0.25, 0.3) is 0 Å². The second-order valence-electron chi connectivity index (χ2n) is 5.03. The minimum absolute atomic E-state index is 0.0789. The van der Waals surface area contributed by atoms with Crippen molar-refractivity contribution in [2.24, 2.45) is 0 Å². The number of H-pyrrole nitrogens is 1. The van der Waals surface area contributed by atoms with E-state index in [0.717, 1.165) is 11.4 Å². The Labute approximate surface area is 84.9 Å². The van der Waals surface area contributed by atoms with E-state index >= 15 is 0 Å².